The zero-order valence-corrected chi connectivity index (χ0v) is 8.37. The Hall–Kier alpha value is 0.610. The molecule has 0 aromatic heterocycles. The number of nitrogens with two attached hydrogens (primary N) is 2. The molecule has 0 rings (SSSR count). The highest BCUT2D eigenvalue weighted by Crippen LogP contribution is 1.89. The summed E-state index contributed by atoms with van der Waals surface area (Å²) in [7, 11) is 0. The lowest BCUT2D eigenvalue weighted by Crippen LogP contribution is -2.31. The van der Waals surface area contributed by atoms with Crippen LogP contribution >= 0.6 is 22.6 Å². The zero-order valence-electron chi connectivity index (χ0n) is 6.22. The molecule has 0 aliphatic carbocycles. The summed E-state index contributed by atoms with van der Waals surface area (Å²) in [6.45, 7) is 3.13. The fourth-order valence-electron chi connectivity index (χ4n) is 0.450. The van der Waals surface area contributed by atoms with Crippen molar-refractivity contribution in [2.24, 2.45) is 11.5 Å². The minimum atomic E-state index is 0.112. The van der Waals surface area contributed by atoms with Crippen LogP contribution < -0.4 is 11.5 Å². The predicted molar refractivity (Wildman–Crippen MR) is 51.3 cm³/mol. The number of hydrogen-bond acceptors (Lipinski definition) is 3. The molecule has 4 N–H and O–H groups in total. The topological polar surface area (TPSA) is 61.3 Å². The van der Waals surface area contributed by atoms with Crippen LogP contribution in [0.5, 0.6) is 0 Å². The van der Waals surface area contributed by atoms with Crippen LogP contribution in [0.3, 0.4) is 0 Å². The Morgan fingerprint density at radius 1 is 1.40 bits per heavy atom. The number of alkyl halides is 1. The van der Waals surface area contributed by atoms with Gasteiger partial charge in [0.1, 0.15) is 0 Å². The van der Waals surface area contributed by atoms with Gasteiger partial charge in [0.2, 0.25) is 0 Å². The third-order valence-corrected chi connectivity index (χ3v) is 2.04. The molecule has 0 amide bonds. The van der Waals surface area contributed by atoms with E-state index < -0.39 is 0 Å². The zero-order chi connectivity index (χ0) is 7.98. The van der Waals surface area contributed by atoms with Crippen LogP contribution in [-0.4, -0.2) is 29.7 Å². The van der Waals surface area contributed by atoms with E-state index >= 15 is 0 Å². The van der Waals surface area contributed by atoms with E-state index in [0.717, 1.165) is 4.43 Å². The molecule has 2 unspecified atom stereocenters. The van der Waals surface area contributed by atoms with Crippen molar-refractivity contribution in [3.05, 3.63) is 0 Å². The van der Waals surface area contributed by atoms with Gasteiger partial charge >= 0.3 is 0 Å². The molecular formula is C6H15IN2O. The normalized spacial score (nSPS) is 16.8. The van der Waals surface area contributed by atoms with Gasteiger partial charge in [0, 0.05) is 16.5 Å². The van der Waals surface area contributed by atoms with E-state index in [-0.39, 0.29) is 12.1 Å². The molecular weight excluding hydrogens is 243 g/mol. The Morgan fingerprint density at radius 2 is 2.00 bits per heavy atom. The van der Waals surface area contributed by atoms with Crippen molar-refractivity contribution >= 4 is 22.6 Å². The maximum atomic E-state index is 5.59. The first-order valence-corrected chi connectivity index (χ1v) is 4.84. The van der Waals surface area contributed by atoms with Gasteiger partial charge in [-0.25, -0.2) is 0 Å². The smallest absolute Gasteiger partial charge is 0.0625 e. The molecule has 0 aromatic rings. The van der Waals surface area contributed by atoms with Crippen molar-refractivity contribution < 1.29 is 4.74 Å². The van der Waals surface area contributed by atoms with Crippen LogP contribution in [0.4, 0.5) is 0 Å². The highest BCUT2D eigenvalue weighted by Gasteiger charge is 1.99. The minimum Gasteiger partial charge on any atom is -0.378 e. The molecule has 2 atom stereocenters. The third-order valence-electron chi connectivity index (χ3n) is 0.911. The fraction of sp³-hybridized carbons (Fsp3) is 1.00. The van der Waals surface area contributed by atoms with Gasteiger partial charge < -0.3 is 16.2 Å². The van der Waals surface area contributed by atoms with E-state index in [1.165, 1.54) is 0 Å². The van der Waals surface area contributed by atoms with Crippen LogP contribution in [0.1, 0.15) is 6.92 Å². The second-order valence-electron chi connectivity index (χ2n) is 2.43. The summed E-state index contributed by atoms with van der Waals surface area (Å²) in [5, 5.41) is 0. The third kappa shape index (κ3) is 6.73. The number of ether oxygens (including phenoxy) is 1. The summed E-state index contributed by atoms with van der Waals surface area (Å²) < 4.78 is 6.12. The van der Waals surface area contributed by atoms with Gasteiger partial charge in [0.25, 0.3) is 0 Å². The lowest BCUT2D eigenvalue weighted by molar-refractivity contribution is 0.117. The maximum absolute atomic E-state index is 5.59. The van der Waals surface area contributed by atoms with E-state index in [2.05, 4.69) is 22.6 Å². The molecule has 3 nitrogen and oxygen atoms in total. The molecule has 0 aliphatic heterocycles. The van der Waals surface area contributed by atoms with Gasteiger partial charge in [-0.15, -0.1) is 0 Å². The van der Waals surface area contributed by atoms with Gasteiger partial charge in [-0.05, 0) is 6.92 Å². The van der Waals surface area contributed by atoms with Gasteiger partial charge in [-0.3, -0.25) is 0 Å². The van der Waals surface area contributed by atoms with Crippen molar-refractivity contribution in [2.45, 2.75) is 19.0 Å². The summed E-state index contributed by atoms with van der Waals surface area (Å²) in [5.41, 5.74) is 11.0. The lowest BCUT2D eigenvalue weighted by atomic mass is 10.4. The Labute approximate surface area is 75.6 Å². The first-order valence-electron chi connectivity index (χ1n) is 3.31. The minimum absolute atomic E-state index is 0.112. The maximum Gasteiger partial charge on any atom is 0.0625 e. The summed E-state index contributed by atoms with van der Waals surface area (Å²) in [5.74, 6) is 0. The molecule has 0 aliphatic rings. The molecule has 4 heteroatoms. The van der Waals surface area contributed by atoms with Crippen molar-refractivity contribution in [1.82, 2.24) is 0 Å². The predicted octanol–water partition coefficient (Wildman–Crippen LogP) is 0.113. The largest absolute Gasteiger partial charge is 0.378 e. The van der Waals surface area contributed by atoms with Gasteiger partial charge in [0.15, 0.2) is 0 Å². The van der Waals surface area contributed by atoms with Crippen molar-refractivity contribution in [2.75, 3.05) is 17.6 Å². The summed E-state index contributed by atoms with van der Waals surface area (Å²) in [6, 6.07) is 0.265. The van der Waals surface area contributed by atoms with E-state index in [9.17, 15) is 0 Å². The Morgan fingerprint density at radius 3 is 2.40 bits per heavy atom. The molecule has 0 aromatic carbocycles. The first-order chi connectivity index (χ1) is 4.66. The molecule has 0 spiro atoms. The lowest BCUT2D eigenvalue weighted by Gasteiger charge is -2.10. The second-order valence-corrected chi connectivity index (χ2v) is 3.31. The first kappa shape index (κ1) is 10.6. The second kappa shape index (κ2) is 6.33. The van der Waals surface area contributed by atoms with Gasteiger partial charge in [-0.1, -0.05) is 22.6 Å². The molecule has 0 radical (unpaired) electrons. The van der Waals surface area contributed by atoms with Gasteiger partial charge in [0.05, 0.1) is 13.2 Å². The Balaban J connectivity index is 3.03. The number of rotatable bonds is 5. The standard InChI is InChI=1S/C6H15IN2O/c1-5(8)3-10-4-6(9)2-7/h5-6H,2-4,8-9H2,1H3. The van der Waals surface area contributed by atoms with Crippen LogP contribution in [-0.2, 0) is 4.74 Å². The van der Waals surface area contributed by atoms with Crippen LogP contribution in [0.2, 0.25) is 0 Å². The van der Waals surface area contributed by atoms with E-state index in [0.29, 0.717) is 13.2 Å². The fourth-order valence-corrected chi connectivity index (χ4v) is 0.704. The highest BCUT2D eigenvalue weighted by molar-refractivity contribution is 14.1. The molecule has 10 heavy (non-hydrogen) atoms. The molecule has 0 saturated heterocycles. The Bertz CT molecular complexity index is 80.1. The van der Waals surface area contributed by atoms with Crippen LogP contribution in [0.15, 0.2) is 0 Å². The van der Waals surface area contributed by atoms with Crippen molar-refractivity contribution in [1.29, 1.82) is 0 Å². The average Bonchev–Trinajstić information content (AvgIpc) is 1.87. The van der Waals surface area contributed by atoms with Crippen LogP contribution in [0, 0.1) is 0 Å². The summed E-state index contributed by atoms with van der Waals surface area (Å²) in [6.07, 6.45) is 0. The molecule has 0 saturated carbocycles. The SMILES string of the molecule is CC(N)COCC(N)CI. The molecule has 0 heterocycles. The van der Waals surface area contributed by atoms with Gasteiger partial charge in [-0.2, -0.15) is 0 Å². The van der Waals surface area contributed by atoms with Crippen LogP contribution in [0.25, 0.3) is 0 Å². The van der Waals surface area contributed by atoms with E-state index in [4.69, 9.17) is 16.2 Å². The summed E-state index contributed by atoms with van der Waals surface area (Å²) in [4.78, 5) is 0. The highest BCUT2D eigenvalue weighted by atomic mass is 127. The van der Waals surface area contributed by atoms with Crippen molar-refractivity contribution in [3.63, 3.8) is 0 Å². The quantitative estimate of drug-likeness (QED) is 0.543. The molecule has 62 valence electrons. The monoisotopic (exact) mass is 258 g/mol. The molecule has 0 fully saturated rings. The van der Waals surface area contributed by atoms with E-state index in [1.807, 2.05) is 6.92 Å². The number of hydrogen-bond donors (Lipinski definition) is 2. The van der Waals surface area contributed by atoms with E-state index in [1.54, 1.807) is 0 Å². The van der Waals surface area contributed by atoms with Crippen molar-refractivity contribution in [3.8, 4) is 0 Å². The summed E-state index contributed by atoms with van der Waals surface area (Å²) >= 11 is 2.23. The average molecular weight is 258 g/mol. The number of halogens is 1. The Kier molecular flexibility index (Phi) is 6.71. The molecule has 0 bridgehead atoms.